The summed E-state index contributed by atoms with van der Waals surface area (Å²) in [4.78, 5) is 11.0. The summed E-state index contributed by atoms with van der Waals surface area (Å²) in [5.41, 5.74) is 0.897. The molecule has 0 fully saturated rings. The zero-order valence-electron chi connectivity index (χ0n) is 8.14. The van der Waals surface area contributed by atoms with Gasteiger partial charge in [0.15, 0.2) is 0 Å². The number of hydrogen-bond acceptors (Lipinski definition) is 2. The van der Waals surface area contributed by atoms with Gasteiger partial charge in [-0.05, 0) is 24.0 Å². The van der Waals surface area contributed by atoms with E-state index in [1.54, 1.807) is 11.8 Å². The summed E-state index contributed by atoms with van der Waals surface area (Å²) < 4.78 is 0. The fourth-order valence-electron chi connectivity index (χ4n) is 1.35. The van der Waals surface area contributed by atoms with E-state index in [-0.39, 0.29) is 5.92 Å². The molecule has 0 aliphatic heterocycles. The van der Waals surface area contributed by atoms with E-state index in [1.165, 1.54) is 0 Å². The molecule has 0 amide bonds. The van der Waals surface area contributed by atoms with Crippen molar-refractivity contribution in [2.24, 2.45) is 0 Å². The highest BCUT2D eigenvalue weighted by Crippen LogP contribution is 2.21. The van der Waals surface area contributed by atoms with E-state index >= 15 is 0 Å². The zero-order valence-corrected chi connectivity index (χ0v) is 8.96. The normalized spacial score (nSPS) is 12.4. The number of carboxylic acids is 1. The number of carboxylic acid groups (broad SMARTS) is 1. The maximum absolute atomic E-state index is 11.0. The molecule has 0 spiro atoms. The molecule has 1 aromatic rings. The van der Waals surface area contributed by atoms with Crippen molar-refractivity contribution in [3.05, 3.63) is 35.9 Å². The quantitative estimate of drug-likeness (QED) is 0.811. The molecule has 1 atom stereocenters. The van der Waals surface area contributed by atoms with Gasteiger partial charge >= 0.3 is 5.97 Å². The van der Waals surface area contributed by atoms with Gasteiger partial charge in [-0.15, -0.1) is 0 Å². The van der Waals surface area contributed by atoms with Gasteiger partial charge in [0.25, 0.3) is 0 Å². The summed E-state index contributed by atoms with van der Waals surface area (Å²) in [6, 6.07) is 9.41. The Balaban J connectivity index is 2.73. The van der Waals surface area contributed by atoms with Crippen LogP contribution >= 0.6 is 11.8 Å². The van der Waals surface area contributed by atoms with Gasteiger partial charge in [-0.1, -0.05) is 30.3 Å². The second-order valence-corrected chi connectivity index (χ2v) is 4.07. The van der Waals surface area contributed by atoms with Crippen molar-refractivity contribution < 1.29 is 9.90 Å². The Morgan fingerprint density at radius 3 is 2.57 bits per heavy atom. The van der Waals surface area contributed by atoms with Crippen molar-refractivity contribution in [3.63, 3.8) is 0 Å². The minimum Gasteiger partial charge on any atom is -0.481 e. The number of rotatable bonds is 5. The lowest BCUT2D eigenvalue weighted by Crippen LogP contribution is -2.12. The largest absolute Gasteiger partial charge is 0.481 e. The second kappa shape index (κ2) is 5.70. The average molecular weight is 210 g/mol. The number of carbonyl (C=O) groups is 1. The Hall–Kier alpha value is -0.960. The topological polar surface area (TPSA) is 37.3 Å². The molecule has 0 bridgehead atoms. The van der Waals surface area contributed by atoms with E-state index in [4.69, 9.17) is 5.11 Å². The monoisotopic (exact) mass is 210 g/mol. The molecule has 3 heteroatoms. The van der Waals surface area contributed by atoms with Gasteiger partial charge in [-0.3, -0.25) is 4.79 Å². The number of benzene rings is 1. The number of aliphatic carboxylic acids is 1. The Morgan fingerprint density at radius 2 is 2.07 bits per heavy atom. The lowest BCUT2D eigenvalue weighted by atomic mass is 9.97. The molecule has 0 saturated heterocycles. The van der Waals surface area contributed by atoms with Gasteiger partial charge in [0.1, 0.15) is 0 Å². The van der Waals surface area contributed by atoms with E-state index in [0.717, 1.165) is 11.3 Å². The molecule has 0 aliphatic rings. The summed E-state index contributed by atoms with van der Waals surface area (Å²) in [7, 11) is 0. The van der Waals surface area contributed by atoms with Crippen LogP contribution in [0.5, 0.6) is 0 Å². The molecule has 0 saturated carbocycles. The van der Waals surface area contributed by atoms with Crippen molar-refractivity contribution in [2.45, 2.75) is 12.3 Å². The minimum atomic E-state index is -0.731. The molecule has 0 aromatic heterocycles. The highest BCUT2D eigenvalue weighted by Gasteiger charge is 2.18. The van der Waals surface area contributed by atoms with Gasteiger partial charge in [-0.25, -0.2) is 0 Å². The summed E-state index contributed by atoms with van der Waals surface area (Å²) in [6.45, 7) is 0. The second-order valence-electron chi connectivity index (χ2n) is 3.08. The molecule has 76 valence electrons. The third-order valence-electron chi connectivity index (χ3n) is 2.11. The molecule has 0 unspecified atom stereocenters. The van der Waals surface area contributed by atoms with Gasteiger partial charge in [0.05, 0.1) is 5.92 Å². The van der Waals surface area contributed by atoms with E-state index in [9.17, 15) is 4.79 Å². The first kappa shape index (κ1) is 11.1. The molecular formula is C11H14O2S. The first-order valence-corrected chi connectivity index (χ1v) is 5.91. The molecule has 1 rings (SSSR count). The van der Waals surface area contributed by atoms with E-state index in [2.05, 4.69) is 0 Å². The van der Waals surface area contributed by atoms with Crippen LogP contribution in [-0.2, 0) is 4.79 Å². The third kappa shape index (κ3) is 3.07. The molecule has 0 radical (unpaired) electrons. The Bertz CT molecular complexity index is 285. The number of thioether (sulfide) groups is 1. The van der Waals surface area contributed by atoms with Crippen LogP contribution in [0.1, 0.15) is 17.9 Å². The summed E-state index contributed by atoms with van der Waals surface area (Å²) >= 11 is 1.68. The van der Waals surface area contributed by atoms with Crippen LogP contribution in [0.3, 0.4) is 0 Å². The smallest absolute Gasteiger partial charge is 0.311 e. The lowest BCUT2D eigenvalue weighted by molar-refractivity contribution is -0.138. The van der Waals surface area contributed by atoms with Crippen LogP contribution in [0.2, 0.25) is 0 Å². The van der Waals surface area contributed by atoms with Gasteiger partial charge in [0.2, 0.25) is 0 Å². The summed E-state index contributed by atoms with van der Waals surface area (Å²) in [5.74, 6) is -0.208. The van der Waals surface area contributed by atoms with Gasteiger partial charge < -0.3 is 5.11 Å². The van der Waals surface area contributed by atoms with Crippen LogP contribution in [0.15, 0.2) is 30.3 Å². The SMILES string of the molecule is CSCC[C@H](C(=O)O)c1ccccc1. The Kier molecular flexibility index (Phi) is 4.53. The van der Waals surface area contributed by atoms with Crippen molar-refractivity contribution in [1.82, 2.24) is 0 Å². The standard InChI is InChI=1S/C11H14O2S/c1-14-8-7-10(11(12)13)9-5-3-2-4-6-9/h2-6,10H,7-8H2,1H3,(H,12,13)/t10-/m0/s1. The van der Waals surface area contributed by atoms with Gasteiger partial charge in [-0.2, -0.15) is 11.8 Å². The van der Waals surface area contributed by atoms with Crippen LogP contribution in [0.25, 0.3) is 0 Å². The predicted molar refractivity (Wildman–Crippen MR) is 59.8 cm³/mol. The van der Waals surface area contributed by atoms with Crippen molar-refractivity contribution in [3.8, 4) is 0 Å². The Labute approximate surface area is 88.3 Å². The van der Waals surface area contributed by atoms with E-state index in [1.807, 2.05) is 36.6 Å². The predicted octanol–water partition coefficient (Wildman–Crippen LogP) is 2.61. The molecular weight excluding hydrogens is 196 g/mol. The van der Waals surface area contributed by atoms with Crippen molar-refractivity contribution in [2.75, 3.05) is 12.0 Å². The van der Waals surface area contributed by atoms with Crippen molar-refractivity contribution in [1.29, 1.82) is 0 Å². The van der Waals surface area contributed by atoms with E-state index < -0.39 is 5.97 Å². The average Bonchev–Trinajstić information content (AvgIpc) is 2.19. The molecule has 14 heavy (non-hydrogen) atoms. The lowest BCUT2D eigenvalue weighted by Gasteiger charge is -2.11. The molecule has 2 nitrogen and oxygen atoms in total. The molecule has 1 aromatic carbocycles. The maximum Gasteiger partial charge on any atom is 0.311 e. The third-order valence-corrected chi connectivity index (χ3v) is 2.75. The fourth-order valence-corrected chi connectivity index (χ4v) is 1.83. The molecule has 0 aliphatic carbocycles. The van der Waals surface area contributed by atoms with Crippen LogP contribution in [0.4, 0.5) is 0 Å². The minimum absolute atomic E-state index is 0.358. The summed E-state index contributed by atoms with van der Waals surface area (Å²) in [6.07, 6.45) is 2.68. The summed E-state index contributed by atoms with van der Waals surface area (Å²) in [5, 5.41) is 9.04. The molecule has 1 N–H and O–H groups in total. The van der Waals surface area contributed by atoms with Crippen LogP contribution in [-0.4, -0.2) is 23.1 Å². The van der Waals surface area contributed by atoms with Crippen LogP contribution in [0, 0.1) is 0 Å². The highest BCUT2D eigenvalue weighted by atomic mass is 32.2. The van der Waals surface area contributed by atoms with E-state index in [0.29, 0.717) is 6.42 Å². The zero-order chi connectivity index (χ0) is 10.4. The number of hydrogen-bond donors (Lipinski definition) is 1. The fraction of sp³-hybridized carbons (Fsp3) is 0.364. The highest BCUT2D eigenvalue weighted by molar-refractivity contribution is 7.98. The van der Waals surface area contributed by atoms with Gasteiger partial charge in [0, 0.05) is 0 Å². The maximum atomic E-state index is 11.0. The Morgan fingerprint density at radius 1 is 1.43 bits per heavy atom. The van der Waals surface area contributed by atoms with Crippen molar-refractivity contribution >= 4 is 17.7 Å². The van der Waals surface area contributed by atoms with Crippen LogP contribution < -0.4 is 0 Å². The molecule has 0 heterocycles. The first-order valence-electron chi connectivity index (χ1n) is 4.52. The first-order chi connectivity index (χ1) is 6.75.